The average molecular weight is 516 g/mol. The number of piperidine rings is 1. The molecular formula is C26H25Cl3N4O. The molecule has 0 radical (unpaired) electrons. The fourth-order valence-electron chi connectivity index (χ4n) is 4.01. The van der Waals surface area contributed by atoms with Gasteiger partial charge < -0.3 is 5.32 Å². The first-order chi connectivity index (χ1) is 16.4. The van der Waals surface area contributed by atoms with Crippen LogP contribution in [0.25, 0.3) is 0 Å². The van der Waals surface area contributed by atoms with Crippen LogP contribution in [0.5, 0.6) is 0 Å². The Morgan fingerprint density at radius 2 is 1.65 bits per heavy atom. The van der Waals surface area contributed by atoms with Crippen molar-refractivity contribution in [2.45, 2.75) is 29.2 Å². The Kier molecular flexibility index (Phi) is 8.22. The maximum Gasteiger partial charge on any atom is 0.276 e. The van der Waals surface area contributed by atoms with Gasteiger partial charge in [0.05, 0.1) is 17.4 Å². The molecule has 1 saturated heterocycles. The highest BCUT2D eigenvalue weighted by molar-refractivity contribution is 6.76. The van der Waals surface area contributed by atoms with Crippen LogP contribution in [0.3, 0.4) is 0 Å². The van der Waals surface area contributed by atoms with E-state index in [1.54, 1.807) is 18.5 Å². The topological polar surface area (TPSA) is 57.6 Å². The summed E-state index contributed by atoms with van der Waals surface area (Å²) in [5, 5.41) is 2.71. The number of anilines is 1. The number of rotatable bonds is 6. The number of aliphatic imine (C=N–C) groups is 1. The number of amides is 1. The highest BCUT2D eigenvalue weighted by atomic mass is 35.6. The van der Waals surface area contributed by atoms with E-state index < -0.39 is 9.70 Å². The molecule has 4 rings (SSSR count). The van der Waals surface area contributed by atoms with Crippen LogP contribution < -0.4 is 5.32 Å². The Balaban J connectivity index is 1.57. The van der Waals surface area contributed by atoms with Crippen molar-refractivity contribution in [1.29, 1.82) is 0 Å². The van der Waals surface area contributed by atoms with E-state index in [0.29, 0.717) is 11.3 Å². The number of aromatic nitrogens is 1. The Labute approximate surface area is 214 Å². The highest BCUT2D eigenvalue weighted by Crippen LogP contribution is 2.29. The quantitative estimate of drug-likeness (QED) is 0.329. The van der Waals surface area contributed by atoms with Crippen molar-refractivity contribution in [2.75, 3.05) is 18.4 Å². The third-order valence-corrected chi connectivity index (χ3v) is 6.26. The standard InChI is InChI=1S/C26H25Cl3N4O/c27-26(28,29)25(34)32-23-11-14-30-17-22(23)24(20-9-5-2-6-10-20)31-21-12-15-33(16-13-21)18-19-7-3-1-4-8-19/h1-11,14,17,21H,12-13,15-16,18H2,(H,30,32,34)/b31-24-. The Morgan fingerprint density at radius 1 is 1.00 bits per heavy atom. The first-order valence-corrected chi connectivity index (χ1v) is 12.3. The second-order valence-electron chi connectivity index (χ2n) is 8.21. The monoisotopic (exact) mass is 514 g/mol. The number of alkyl halides is 3. The molecule has 0 bridgehead atoms. The van der Waals surface area contributed by atoms with Crippen molar-refractivity contribution in [3.8, 4) is 0 Å². The second kappa shape index (κ2) is 11.3. The van der Waals surface area contributed by atoms with Crippen molar-refractivity contribution in [1.82, 2.24) is 9.88 Å². The lowest BCUT2D eigenvalue weighted by molar-refractivity contribution is -0.115. The van der Waals surface area contributed by atoms with Gasteiger partial charge in [0, 0.05) is 43.2 Å². The summed E-state index contributed by atoms with van der Waals surface area (Å²) in [7, 11) is 0. The minimum Gasteiger partial charge on any atom is -0.322 e. The fourth-order valence-corrected chi connectivity index (χ4v) is 4.15. The Bertz CT molecular complexity index is 1130. The first-order valence-electron chi connectivity index (χ1n) is 11.1. The average Bonchev–Trinajstić information content (AvgIpc) is 2.85. The molecule has 8 heteroatoms. The SMILES string of the molecule is O=C(Nc1ccncc1/C(=N\C1CCN(Cc2ccccc2)CC1)c1ccccc1)C(Cl)(Cl)Cl. The van der Waals surface area contributed by atoms with E-state index >= 15 is 0 Å². The van der Waals surface area contributed by atoms with E-state index in [1.165, 1.54) is 5.56 Å². The summed E-state index contributed by atoms with van der Waals surface area (Å²) in [6.07, 6.45) is 5.16. The van der Waals surface area contributed by atoms with Gasteiger partial charge in [-0.05, 0) is 24.5 Å². The number of nitrogens with one attached hydrogen (secondary N) is 1. The van der Waals surface area contributed by atoms with Gasteiger partial charge in [0.15, 0.2) is 0 Å². The van der Waals surface area contributed by atoms with Crippen LogP contribution in [0.4, 0.5) is 5.69 Å². The van der Waals surface area contributed by atoms with Gasteiger partial charge >= 0.3 is 0 Å². The van der Waals surface area contributed by atoms with Gasteiger partial charge in [-0.1, -0.05) is 95.5 Å². The number of halogens is 3. The van der Waals surface area contributed by atoms with Gasteiger partial charge in [0.25, 0.3) is 9.70 Å². The number of pyridine rings is 1. The molecule has 1 aromatic heterocycles. The molecule has 2 aromatic carbocycles. The Hall–Kier alpha value is -2.44. The van der Waals surface area contributed by atoms with Gasteiger partial charge in [-0.15, -0.1) is 0 Å². The molecule has 0 saturated carbocycles. The molecule has 1 N–H and O–H groups in total. The predicted molar refractivity (Wildman–Crippen MR) is 140 cm³/mol. The molecule has 1 aliphatic rings. The van der Waals surface area contributed by atoms with Crippen LogP contribution in [0.1, 0.15) is 29.5 Å². The molecule has 2 heterocycles. The maximum absolute atomic E-state index is 12.3. The third-order valence-electron chi connectivity index (χ3n) is 5.75. The van der Waals surface area contributed by atoms with Crippen LogP contribution in [0.15, 0.2) is 84.1 Å². The van der Waals surface area contributed by atoms with Crippen molar-refractivity contribution in [3.63, 3.8) is 0 Å². The summed E-state index contributed by atoms with van der Waals surface area (Å²) in [6.45, 7) is 2.88. The van der Waals surface area contributed by atoms with Crippen LogP contribution in [-0.2, 0) is 11.3 Å². The van der Waals surface area contributed by atoms with E-state index in [2.05, 4.69) is 39.5 Å². The van der Waals surface area contributed by atoms with Crippen molar-refractivity contribution >= 4 is 52.1 Å². The number of hydrogen-bond acceptors (Lipinski definition) is 4. The zero-order valence-electron chi connectivity index (χ0n) is 18.5. The molecular weight excluding hydrogens is 491 g/mol. The fraction of sp³-hybridized carbons (Fsp3) is 0.269. The number of carbonyl (C=O) groups is 1. The zero-order valence-corrected chi connectivity index (χ0v) is 20.8. The van der Waals surface area contributed by atoms with E-state index in [0.717, 1.165) is 43.8 Å². The summed E-state index contributed by atoms with van der Waals surface area (Å²) < 4.78 is -2.07. The van der Waals surface area contributed by atoms with Crippen molar-refractivity contribution in [3.05, 3.63) is 95.8 Å². The zero-order chi connectivity index (χ0) is 24.0. The molecule has 0 atom stereocenters. The number of likely N-dealkylation sites (tertiary alicyclic amines) is 1. The Morgan fingerprint density at radius 3 is 2.29 bits per heavy atom. The van der Waals surface area contributed by atoms with Gasteiger partial charge in [-0.25, -0.2) is 0 Å². The summed E-state index contributed by atoms with van der Waals surface area (Å²) in [4.78, 5) is 24.2. The van der Waals surface area contributed by atoms with Gasteiger partial charge in [0.1, 0.15) is 0 Å². The number of hydrogen-bond donors (Lipinski definition) is 1. The third kappa shape index (κ3) is 6.57. The molecule has 34 heavy (non-hydrogen) atoms. The largest absolute Gasteiger partial charge is 0.322 e. The van der Waals surface area contributed by atoms with Crippen LogP contribution >= 0.6 is 34.8 Å². The molecule has 176 valence electrons. The number of carbonyl (C=O) groups excluding carboxylic acids is 1. The highest BCUT2D eigenvalue weighted by Gasteiger charge is 2.31. The summed E-state index contributed by atoms with van der Waals surface area (Å²) in [5.41, 5.74) is 4.19. The molecule has 0 unspecified atom stereocenters. The van der Waals surface area contributed by atoms with Crippen LogP contribution in [0.2, 0.25) is 0 Å². The summed E-state index contributed by atoms with van der Waals surface area (Å²) in [5.74, 6) is -0.730. The molecule has 1 amide bonds. The summed E-state index contributed by atoms with van der Waals surface area (Å²) >= 11 is 17.3. The van der Waals surface area contributed by atoms with Crippen LogP contribution in [-0.4, -0.2) is 44.4 Å². The van der Waals surface area contributed by atoms with Crippen LogP contribution in [0, 0.1) is 0 Å². The van der Waals surface area contributed by atoms with Crippen molar-refractivity contribution < 1.29 is 4.79 Å². The van der Waals surface area contributed by atoms with Gasteiger partial charge in [-0.2, -0.15) is 0 Å². The number of nitrogens with zero attached hydrogens (tertiary/aromatic N) is 3. The van der Waals surface area contributed by atoms with Gasteiger partial charge in [-0.3, -0.25) is 19.7 Å². The van der Waals surface area contributed by atoms with E-state index in [4.69, 9.17) is 39.8 Å². The molecule has 0 aliphatic carbocycles. The van der Waals surface area contributed by atoms with E-state index in [-0.39, 0.29) is 6.04 Å². The smallest absolute Gasteiger partial charge is 0.276 e. The lowest BCUT2D eigenvalue weighted by Crippen LogP contribution is -2.35. The molecule has 3 aromatic rings. The van der Waals surface area contributed by atoms with E-state index in [1.807, 2.05) is 36.4 Å². The molecule has 1 fully saturated rings. The van der Waals surface area contributed by atoms with Gasteiger partial charge in [0.2, 0.25) is 0 Å². The van der Waals surface area contributed by atoms with E-state index in [9.17, 15) is 4.79 Å². The minimum atomic E-state index is -2.07. The minimum absolute atomic E-state index is 0.152. The molecule has 5 nitrogen and oxygen atoms in total. The first kappa shape index (κ1) is 24.7. The lowest BCUT2D eigenvalue weighted by atomic mass is 9.99. The van der Waals surface area contributed by atoms with Crippen molar-refractivity contribution in [2.24, 2.45) is 4.99 Å². The predicted octanol–water partition coefficient (Wildman–Crippen LogP) is 5.89. The molecule has 0 spiro atoms. The second-order valence-corrected chi connectivity index (χ2v) is 10.5. The molecule has 1 aliphatic heterocycles. The normalized spacial score (nSPS) is 15.8. The summed E-state index contributed by atoms with van der Waals surface area (Å²) in [6, 6.07) is 22.2. The maximum atomic E-state index is 12.3. The number of benzene rings is 2. The lowest BCUT2D eigenvalue weighted by Gasteiger charge is -2.30.